The van der Waals surface area contributed by atoms with Gasteiger partial charge in [0.15, 0.2) is 6.61 Å². The molecule has 2 unspecified atom stereocenters. The largest absolute Gasteiger partial charge is 0.479 e. The van der Waals surface area contributed by atoms with Gasteiger partial charge in [0.05, 0.1) is 17.8 Å². The van der Waals surface area contributed by atoms with Gasteiger partial charge in [-0.15, -0.1) is 11.8 Å². The van der Waals surface area contributed by atoms with E-state index in [1.165, 1.54) is 28.9 Å². The second kappa shape index (κ2) is 19.2. The zero-order valence-corrected chi connectivity index (χ0v) is 32.9. The van der Waals surface area contributed by atoms with Crippen LogP contribution in [0.15, 0.2) is 87.6 Å². The summed E-state index contributed by atoms with van der Waals surface area (Å²) in [6, 6.07) is 6.66. The molecule has 0 bridgehead atoms. The average Bonchev–Trinajstić information content (AvgIpc) is 3.48. The number of hydroxylamine groups is 2. The van der Waals surface area contributed by atoms with Crippen LogP contribution in [0.1, 0.15) is 59.9 Å². The molecule has 3 aliphatic rings. The second-order valence-electron chi connectivity index (χ2n) is 12.9. The molecule has 1 aromatic rings. The van der Waals surface area contributed by atoms with Crippen molar-refractivity contribution in [1.29, 1.82) is 0 Å². The molecule has 10 nitrogen and oxygen atoms in total. The topological polar surface area (TPSA) is 127 Å². The SMILES string of the molecule is CC.CSc1ccc2c(c1)C(C)(C)\C(=C/C=C/C=C/C1=NC3C(=CC(C(=O)N(C)OCC(=O)O)=C[NH+]3CCCSO)C1(C)C)N2CCCSO. The molecule has 0 spiro atoms. The van der Waals surface area contributed by atoms with Crippen LogP contribution in [-0.4, -0.2) is 87.5 Å². The van der Waals surface area contributed by atoms with E-state index in [4.69, 9.17) is 14.9 Å². The summed E-state index contributed by atoms with van der Waals surface area (Å²) in [5, 5.41) is 9.93. The lowest BCUT2D eigenvalue weighted by Gasteiger charge is -2.30. The highest BCUT2D eigenvalue weighted by atomic mass is 32.2. The summed E-state index contributed by atoms with van der Waals surface area (Å²) in [7, 11) is 1.41. The Kier molecular flexibility index (Phi) is 16.0. The second-order valence-corrected chi connectivity index (χ2v) is 15.1. The smallest absolute Gasteiger partial charge is 0.332 e. The van der Waals surface area contributed by atoms with Gasteiger partial charge in [-0.3, -0.25) is 14.5 Å². The first-order chi connectivity index (χ1) is 23.9. The van der Waals surface area contributed by atoms with Crippen LogP contribution in [0.5, 0.6) is 0 Å². The number of nitrogens with one attached hydrogen (secondary N) is 1. The quantitative estimate of drug-likeness (QED) is 0.0477. The van der Waals surface area contributed by atoms with Crippen LogP contribution in [0, 0.1) is 5.41 Å². The number of aliphatic imine (C=N–C) groups is 1. The van der Waals surface area contributed by atoms with Gasteiger partial charge in [0.25, 0.3) is 5.91 Å². The van der Waals surface area contributed by atoms with Gasteiger partial charge in [0.1, 0.15) is 6.20 Å². The van der Waals surface area contributed by atoms with Crippen LogP contribution in [0.2, 0.25) is 0 Å². The molecule has 2 atom stereocenters. The molecule has 1 aromatic carbocycles. The van der Waals surface area contributed by atoms with Crippen LogP contribution >= 0.6 is 35.8 Å². The van der Waals surface area contributed by atoms with Gasteiger partial charge in [-0.1, -0.05) is 59.8 Å². The number of carboxylic acids is 1. The first-order valence-electron chi connectivity index (χ1n) is 16.9. The number of quaternary nitrogens is 1. The number of carbonyl (C=O) groups is 2. The predicted octanol–water partition coefficient (Wildman–Crippen LogP) is 6.71. The lowest BCUT2D eigenvalue weighted by Crippen LogP contribution is -3.12. The number of carbonyl (C=O) groups excluding carboxylic acids is 1. The van der Waals surface area contributed by atoms with E-state index in [2.05, 4.69) is 69.2 Å². The van der Waals surface area contributed by atoms with E-state index in [-0.39, 0.29) is 11.6 Å². The Morgan fingerprint density at radius 3 is 2.42 bits per heavy atom. The normalized spacial score (nSPS) is 21.0. The third kappa shape index (κ3) is 9.75. The number of fused-ring (bicyclic) bond motifs is 2. The monoisotopic (exact) mass is 745 g/mol. The third-order valence-corrected chi connectivity index (χ3v) is 10.7. The number of rotatable bonds is 16. The lowest BCUT2D eigenvalue weighted by molar-refractivity contribution is -0.868. The maximum atomic E-state index is 13.2. The molecular formula is C37H53N4O6S3+. The lowest BCUT2D eigenvalue weighted by atomic mass is 9.78. The minimum absolute atomic E-state index is 0.184. The highest BCUT2D eigenvalue weighted by molar-refractivity contribution is 7.98. The Hall–Kier alpha value is -2.78. The molecule has 13 heteroatoms. The van der Waals surface area contributed by atoms with Crippen LogP contribution in [0.3, 0.4) is 0 Å². The Labute approximate surface area is 310 Å². The Morgan fingerprint density at radius 1 is 1.06 bits per heavy atom. The predicted molar refractivity (Wildman–Crippen MR) is 209 cm³/mol. The molecule has 0 fully saturated rings. The van der Waals surface area contributed by atoms with E-state index >= 15 is 0 Å². The Bertz CT molecular complexity index is 1550. The number of benzene rings is 1. The van der Waals surface area contributed by atoms with E-state index in [0.717, 1.165) is 64.7 Å². The van der Waals surface area contributed by atoms with Gasteiger partial charge in [-0.25, -0.2) is 14.9 Å². The molecule has 4 N–H and O–H groups in total. The van der Waals surface area contributed by atoms with Crippen LogP contribution < -0.4 is 9.80 Å². The van der Waals surface area contributed by atoms with Gasteiger partial charge in [-0.05, 0) is 78.8 Å². The molecule has 0 saturated carbocycles. The number of anilines is 1. The van der Waals surface area contributed by atoms with Gasteiger partial charge in [0.2, 0.25) is 6.17 Å². The fourth-order valence-electron chi connectivity index (χ4n) is 6.37. The summed E-state index contributed by atoms with van der Waals surface area (Å²) in [4.78, 5) is 39.0. The molecular weight excluding hydrogens is 693 g/mol. The molecule has 0 aromatic heterocycles. The number of thioether (sulfide) groups is 1. The molecule has 4 rings (SSSR count). The highest BCUT2D eigenvalue weighted by Gasteiger charge is 2.46. The first kappa shape index (κ1) is 41.6. The summed E-state index contributed by atoms with van der Waals surface area (Å²) in [5.74, 6) is -0.358. The average molecular weight is 746 g/mol. The number of likely N-dealkylation sites (N-methyl/N-ethyl adjacent to an activating group) is 1. The van der Waals surface area contributed by atoms with E-state index in [1.54, 1.807) is 11.8 Å². The maximum absolute atomic E-state index is 13.2. The number of aliphatic carboxylic acids is 1. The van der Waals surface area contributed by atoms with Gasteiger partial charge < -0.3 is 19.1 Å². The number of allylic oxidation sites excluding steroid dienone is 6. The zero-order chi connectivity index (χ0) is 37.1. The van der Waals surface area contributed by atoms with Crippen molar-refractivity contribution in [3.8, 4) is 0 Å². The van der Waals surface area contributed by atoms with Crippen molar-refractivity contribution in [1.82, 2.24) is 5.06 Å². The van der Waals surface area contributed by atoms with E-state index < -0.39 is 23.9 Å². The molecule has 3 heterocycles. The molecule has 274 valence electrons. The van der Waals surface area contributed by atoms with Crippen LogP contribution in [0.4, 0.5) is 5.69 Å². The summed E-state index contributed by atoms with van der Waals surface area (Å²) in [5.41, 5.74) is 5.37. The van der Waals surface area contributed by atoms with E-state index in [0.29, 0.717) is 23.6 Å². The molecule has 0 saturated heterocycles. The van der Waals surface area contributed by atoms with Crippen LogP contribution in [-0.2, 0) is 19.8 Å². The fourth-order valence-corrected chi connectivity index (χ4v) is 7.35. The first-order valence-corrected chi connectivity index (χ1v) is 20.0. The number of hydrogen-bond acceptors (Lipinski definition) is 10. The van der Waals surface area contributed by atoms with Crippen molar-refractivity contribution in [3.63, 3.8) is 0 Å². The minimum atomic E-state index is -1.16. The summed E-state index contributed by atoms with van der Waals surface area (Å²) >= 11 is 3.41. The van der Waals surface area contributed by atoms with E-state index in [9.17, 15) is 18.7 Å². The molecule has 1 amide bonds. The van der Waals surface area contributed by atoms with Crippen molar-refractivity contribution in [2.24, 2.45) is 10.4 Å². The summed E-state index contributed by atoms with van der Waals surface area (Å²) in [6.45, 7) is 13.6. The Balaban J connectivity index is 0.00000332. The van der Waals surface area contributed by atoms with Crippen molar-refractivity contribution < 1.29 is 33.5 Å². The summed E-state index contributed by atoms with van der Waals surface area (Å²) in [6.07, 6.45) is 17.4. The number of amides is 1. The van der Waals surface area contributed by atoms with Crippen molar-refractivity contribution in [3.05, 3.63) is 83.3 Å². The number of hydrogen-bond donors (Lipinski definition) is 4. The molecule has 0 radical (unpaired) electrons. The van der Waals surface area contributed by atoms with Gasteiger partial charge in [0, 0.05) is 64.2 Å². The van der Waals surface area contributed by atoms with Crippen molar-refractivity contribution >= 4 is 59.1 Å². The van der Waals surface area contributed by atoms with E-state index in [1.807, 2.05) is 44.4 Å². The Morgan fingerprint density at radius 2 is 1.76 bits per heavy atom. The van der Waals surface area contributed by atoms with Crippen molar-refractivity contribution in [2.45, 2.75) is 70.9 Å². The van der Waals surface area contributed by atoms with Gasteiger partial charge >= 0.3 is 5.97 Å². The van der Waals surface area contributed by atoms with Crippen LogP contribution in [0.25, 0.3) is 0 Å². The molecule has 0 aliphatic carbocycles. The molecule has 3 aliphatic heterocycles. The van der Waals surface area contributed by atoms with Gasteiger partial charge in [-0.2, -0.15) is 0 Å². The molecule has 50 heavy (non-hydrogen) atoms. The summed E-state index contributed by atoms with van der Waals surface area (Å²) < 4.78 is 18.6. The standard InChI is InChI=1S/C35H46N4O6S3.C2H6/c1-34(2)27-20-24(33(42)37(5)45-23-31(40)41)22-38(16-10-18-47-43)32(27)36-29(34)12-8-7-9-13-30-35(3,4)26-21-25(46-6)14-15-28(26)39(30)17-11-19-48-44;1-2/h7-9,12-15,20-22,32,43-44H,10-11,16-19,23H2,1-6H3,(H,40,41);1-2H3/p+1/b9-7+,12-8+,30-13+;. The minimum Gasteiger partial charge on any atom is -0.479 e. The fraction of sp³-hybridized carbons (Fsp3) is 0.486. The number of nitrogens with zero attached hydrogens (tertiary/aromatic N) is 3. The number of carboxylic acid groups (broad SMARTS) is 1. The van der Waals surface area contributed by atoms with Crippen molar-refractivity contribution in [2.75, 3.05) is 49.4 Å². The highest BCUT2D eigenvalue weighted by Crippen LogP contribution is 2.49. The maximum Gasteiger partial charge on any atom is 0.332 e. The third-order valence-electron chi connectivity index (χ3n) is 8.99. The zero-order valence-electron chi connectivity index (χ0n) is 30.4.